The number of likely N-dealkylation sites (tertiary alicyclic amines) is 1. The molecular formula is C13H18BrN3O. The molecule has 1 aliphatic heterocycles. The maximum atomic E-state index is 12.3. The second kappa shape index (κ2) is 5.28. The van der Waals surface area contributed by atoms with Gasteiger partial charge in [-0.25, -0.2) is 0 Å². The third kappa shape index (κ3) is 2.67. The Labute approximate surface area is 116 Å². The fraction of sp³-hybridized carbons (Fsp3) is 0.462. The molecule has 0 radical (unpaired) electrons. The summed E-state index contributed by atoms with van der Waals surface area (Å²) in [5.74, 6) is 0.0681. The van der Waals surface area contributed by atoms with Gasteiger partial charge in [0.15, 0.2) is 0 Å². The molecule has 1 fully saturated rings. The average molecular weight is 312 g/mol. The largest absolute Gasteiger partial charge is 0.398 e. The number of likely N-dealkylation sites (N-methyl/N-ethyl adjacent to an activating group) is 1. The summed E-state index contributed by atoms with van der Waals surface area (Å²) >= 11 is 3.33. The molecule has 0 saturated carbocycles. The number of rotatable bonds is 2. The molecule has 5 heteroatoms. The highest BCUT2D eigenvalue weighted by molar-refractivity contribution is 9.10. The van der Waals surface area contributed by atoms with Gasteiger partial charge in [0.25, 0.3) is 5.91 Å². The van der Waals surface area contributed by atoms with Crippen molar-refractivity contribution in [2.45, 2.75) is 12.5 Å². The van der Waals surface area contributed by atoms with Crippen LogP contribution in [0.4, 0.5) is 5.69 Å². The molecule has 1 aromatic carbocycles. The first-order valence-electron chi connectivity index (χ1n) is 6.00. The van der Waals surface area contributed by atoms with Crippen molar-refractivity contribution >= 4 is 27.5 Å². The first-order valence-corrected chi connectivity index (χ1v) is 6.79. The zero-order valence-electron chi connectivity index (χ0n) is 10.7. The van der Waals surface area contributed by atoms with Crippen LogP contribution in [0, 0.1) is 0 Å². The summed E-state index contributed by atoms with van der Waals surface area (Å²) in [7, 11) is 4.10. The van der Waals surface area contributed by atoms with Crippen LogP contribution in [0.3, 0.4) is 0 Å². The Morgan fingerprint density at radius 1 is 1.50 bits per heavy atom. The van der Waals surface area contributed by atoms with Crippen LogP contribution in [0.25, 0.3) is 0 Å². The summed E-state index contributed by atoms with van der Waals surface area (Å²) in [6.07, 6.45) is 1.03. The number of carbonyl (C=O) groups is 1. The van der Waals surface area contributed by atoms with Crippen molar-refractivity contribution in [3.8, 4) is 0 Å². The van der Waals surface area contributed by atoms with E-state index in [0.717, 1.165) is 24.0 Å². The van der Waals surface area contributed by atoms with E-state index in [0.29, 0.717) is 17.3 Å². The smallest absolute Gasteiger partial charge is 0.253 e. The second-order valence-corrected chi connectivity index (χ2v) is 5.75. The fourth-order valence-electron chi connectivity index (χ4n) is 2.21. The summed E-state index contributed by atoms with van der Waals surface area (Å²) in [6, 6.07) is 5.82. The molecule has 2 rings (SSSR count). The summed E-state index contributed by atoms with van der Waals surface area (Å²) in [6.45, 7) is 1.61. The monoisotopic (exact) mass is 311 g/mol. The minimum Gasteiger partial charge on any atom is -0.398 e. The van der Waals surface area contributed by atoms with Crippen molar-refractivity contribution in [3.63, 3.8) is 0 Å². The minimum atomic E-state index is 0.0681. The lowest BCUT2D eigenvalue weighted by Crippen LogP contribution is -2.34. The van der Waals surface area contributed by atoms with Gasteiger partial charge in [-0.3, -0.25) is 4.79 Å². The first-order chi connectivity index (χ1) is 8.49. The van der Waals surface area contributed by atoms with Crippen molar-refractivity contribution in [2.75, 3.05) is 32.9 Å². The number of nitrogens with two attached hydrogens (primary N) is 1. The predicted molar refractivity (Wildman–Crippen MR) is 76.5 cm³/mol. The van der Waals surface area contributed by atoms with Crippen LogP contribution < -0.4 is 5.73 Å². The highest BCUT2D eigenvalue weighted by Gasteiger charge is 2.28. The number of carbonyl (C=O) groups excluding carboxylic acids is 1. The van der Waals surface area contributed by atoms with Crippen LogP contribution in [0.2, 0.25) is 0 Å². The molecule has 2 N–H and O–H groups in total. The molecule has 1 amide bonds. The minimum absolute atomic E-state index is 0.0681. The lowest BCUT2D eigenvalue weighted by atomic mass is 10.2. The standard InChI is InChI=1S/C13H18BrN3O/c1-16(2)10-5-6-17(8-10)13(18)9-3-4-11(14)12(15)7-9/h3-4,7,10H,5-6,8,15H2,1-2H3. The van der Waals surface area contributed by atoms with E-state index in [2.05, 4.69) is 34.9 Å². The Hall–Kier alpha value is -1.07. The Kier molecular flexibility index (Phi) is 3.92. The van der Waals surface area contributed by atoms with Gasteiger partial charge in [0.1, 0.15) is 0 Å². The van der Waals surface area contributed by atoms with Gasteiger partial charge in [0.2, 0.25) is 0 Å². The summed E-state index contributed by atoms with van der Waals surface area (Å²) in [4.78, 5) is 16.4. The Bertz CT molecular complexity index is 462. The molecule has 1 aliphatic rings. The van der Waals surface area contributed by atoms with Crippen molar-refractivity contribution in [3.05, 3.63) is 28.2 Å². The number of amides is 1. The number of nitrogens with zero attached hydrogens (tertiary/aromatic N) is 2. The number of halogens is 1. The highest BCUT2D eigenvalue weighted by atomic mass is 79.9. The fourth-order valence-corrected chi connectivity index (χ4v) is 2.45. The molecule has 4 nitrogen and oxygen atoms in total. The van der Waals surface area contributed by atoms with Gasteiger partial charge in [-0.2, -0.15) is 0 Å². The number of hydrogen-bond acceptors (Lipinski definition) is 3. The van der Waals surface area contributed by atoms with E-state index in [4.69, 9.17) is 5.73 Å². The van der Waals surface area contributed by atoms with Gasteiger partial charge in [0.05, 0.1) is 0 Å². The van der Waals surface area contributed by atoms with E-state index >= 15 is 0 Å². The van der Waals surface area contributed by atoms with E-state index in [1.165, 1.54) is 0 Å². The zero-order chi connectivity index (χ0) is 13.3. The molecule has 0 spiro atoms. The Morgan fingerprint density at radius 3 is 2.78 bits per heavy atom. The maximum absolute atomic E-state index is 12.3. The van der Waals surface area contributed by atoms with E-state index in [-0.39, 0.29) is 5.91 Å². The van der Waals surface area contributed by atoms with Gasteiger partial charge in [-0.05, 0) is 54.6 Å². The molecule has 98 valence electrons. The van der Waals surface area contributed by atoms with E-state index in [9.17, 15) is 4.79 Å². The van der Waals surface area contributed by atoms with Crippen molar-refractivity contribution < 1.29 is 4.79 Å². The van der Waals surface area contributed by atoms with Crippen LogP contribution in [0.1, 0.15) is 16.8 Å². The molecule has 1 saturated heterocycles. The number of benzene rings is 1. The van der Waals surface area contributed by atoms with Gasteiger partial charge < -0.3 is 15.5 Å². The number of anilines is 1. The molecule has 1 aromatic rings. The normalized spacial score (nSPS) is 19.6. The Balaban J connectivity index is 2.10. The van der Waals surface area contributed by atoms with Crippen molar-refractivity contribution in [2.24, 2.45) is 0 Å². The van der Waals surface area contributed by atoms with Gasteiger partial charge in [-0.15, -0.1) is 0 Å². The van der Waals surface area contributed by atoms with Gasteiger partial charge in [0, 0.05) is 34.9 Å². The molecule has 18 heavy (non-hydrogen) atoms. The topological polar surface area (TPSA) is 49.6 Å². The van der Waals surface area contributed by atoms with Crippen LogP contribution in [0.5, 0.6) is 0 Å². The number of nitrogen functional groups attached to an aromatic ring is 1. The lowest BCUT2D eigenvalue weighted by molar-refractivity contribution is 0.0783. The average Bonchev–Trinajstić information content (AvgIpc) is 2.81. The van der Waals surface area contributed by atoms with Crippen LogP contribution >= 0.6 is 15.9 Å². The Morgan fingerprint density at radius 2 is 2.22 bits per heavy atom. The van der Waals surface area contributed by atoms with Gasteiger partial charge >= 0.3 is 0 Å². The maximum Gasteiger partial charge on any atom is 0.253 e. The van der Waals surface area contributed by atoms with Crippen molar-refractivity contribution in [1.82, 2.24) is 9.80 Å². The third-order valence-corrected chi connectivity index (χ3v) is 4.15. The van der Waals surface area contributed by atoms with Gasteiger partial charge in [-0.1, -0.05) is 0 Å². The lowest BCUT2D eigenvalue weighted by Gasteiger charge is -2.20. The van der Waals surface area contributed by atoms with E-state index in [1.807, 2.05) is 17.0 Å². The summed E-state index contributed by atoms with van der Waals surface area (Å²) < 4.78 is 0.826. The van der Waals surface area contributed by atoms with Crippen LogP contribution in [0.15, 0.2) is 22.7 Å². The van der Waals surface area contributed by atoms with Crippen molar-refractivity contribution in [1.29, 1.82) is 0 Å². The predicted octanol–water partition coefficient (Wildman–Crippen LogP) is 1.81. The number of hydrogen-bond donors (Lipinski definition) is 1. The van der Waals surface area contributed by atoms with Crippen LogP contribution in [-0.4, -0.2) is 48.9 Å². The SMILES string of the molecule is CN(C)C1CCN(C(=O)c2ccc(Br)c(N)c2)C1. The molecular weight excluding hydrogens is 294 g/mol. The van der Waals surface area contributed by atoms with E-state index < -0.39 is 0 Å². The molecule has 0 bridgehead atoms. The zero-order valence-corrected chi connectivity index (χ0v) is 12.3. The molecule has 0 aromatic heterocycles. The second-order valence-electron chi connectivity index (χ2n) is 4.89. The highest BCUT2D eigenvalue weighted by Crippen LogP contribution is 2.22. The molecule has 1 heterocycles. The molecule has 0 aliphatic carbocycles. The van der Waals surface area contributed by atoms with E-state index in [1.54, 1.807) is 6.07 Å². The molecule has 1 atom stereocenters. The summed E-state index contributed by atoms with van der Waals surface area (Å²) in [5.41, 5.74) is 7.07. The quantitative estimate of drug-likeness (QED) is 0.847. The van der Waals surface area contributed by atoms with Crippen LogP contribution in [-0.2, 0) is 0 Å². The summed E-state index contributed by atoms with van der Waals surface area (Å²) in [5, 5.41) is 0. The third-order valence-electron chi connectivity index (χ3n) is 3.42. The first kappa shape index (κ1) is 13.4. The molecule has 1 unspecified atom stereocenters.